The van der Waals surface area contributed by atoms with Crippen LogP contribution < -0.4 is 10.2 Å². The van der Waals surface area contributed by atoms with E-state index in [0.717, 1.165) is 11.6 Å². The summed E-state index contributed by atoms with van der Waals surface area (Å²) >= 11 is 0. The molecular weight excluding hydrogens is 164 g/mol. The van der Waals surface area contributed by atoms with E-state index in [0.29, 0.717) is 0 Å². The van der Waals surface area contributed by atoms with Gasteiger partial charge in [0.25, 0.3) is 0 Å². The second-order valence-corrected chi connectivity index (χ2v) is 3.19. The number of hydrogen-bond donors (Lipinski definition) is 1. The van der Waals surface area contributed by atoms with E-state index in [2.05, 4.69) is 22.2 Å². The van der Waals surface area contributed by atoms with E-state index in [1.54, 1.807) is 6.20 Å². The number of rotatable bonds is 3. The molecule has 0 saturated carbocycles. The molecule has 1 N–H and O–H groups in total. The van der Waals surface area contributed by atoms with E-state index in [1.807, 2.05) is 32.1 Å². The Morgan fingerprint density at radius 2 is 2.15 bits per heavy atom. The molecule has 0 spiro atoms. The molecule has 0 saturated heterocycles. The van der Waals surface area contributed by atoms with Crippen LogP contribution in [0.2, 0.25) is 0 Å². The number of aromatic nitrogens is 2. The summed E-state index contributed by atoms with van der Waals surface area (Å²) in [5.74, 6) is 0.750. The molecule has 4 nitrogen and oxygen atoms in total. The Morgan fingerprint density at radius 1 is 1.46 bits per heavy atom. The lowest BCUT2D eigenvalue weighted by atomic mass is 10.2. The van der Waals surface area contributed by atoms with Crippen molar-refractivity contribution in [2.24, 2.45) is 0 Å². The number of nitrogens with one attached hydrogen (secondary N) is 1. The Kier molecular flexibility index (Phi) is 3.19. The molecule has 0 aliphatic rings. The predicted molar refractivity (Wildman–Crippen MR) is 53.8 cm³/mol. The van der Waals surface area contributed by atoms with Crippen molar-refractivity contribution >= 4 is 5.95 Å². The smallest absolute Gasteiger partial charge is 0.225 e. The summed E-state index contributed by atoms with van der Waals surface area (Å²) < 4.78 is 0. The summed E-state index contributed by atoms with van der Waals surface area (Å²) in [5, 5.41) is 3.14. The fraction of sp³-hybridized carbons (Fsp3) is 0.556. The number of hydrogen-bond acceptors (Lipinski definition) is 4. The minimum absolute atomic E-state index is 0.265. The molecule has 13 heavy (non-hydrogen) atoms. The van der Waals surface area contributed by atoms with Gasteiger partial charge in [0.2, 0.25) is 5.95 Å². The van der Waals surface area contributed by atoms with Crippen LogP contribution in [0, 0.1) is 0 Å². The quantitative estimate of drug-likeness (QED) is 0.747. The average molecular weight is 180 g/mol. The van der Waals surface area contributed by atoms with Crippen LogP contribution in [0.15, 0.2) is 12.3 Å². The highest BCUT2D eigenvalue weighted by atomic mass is 15.2. The molecule has 1 rings (SSSR count). The highest BCUT2D eigenvalue weighted by Gasteiger charge is 2.05. The van der Waals surface area contributed by atoms with Crippen LogP contribution in [0.1, 0.15) is 18.7 Å². The minimum Gasteiger partial charge on any atom is -0.347 e. The van der Waals surface area contributed by atoms with Crippen LogP contribution in [0.25, 0.3) is 0 Å². The molecule has 1 unspecified atom stereocenters. The van der Waals surface area contributed by atoms with Gasteiger partial charge in [-0.05, 0) is 20.0 Å². The topological polar surface area (TPSA) is 41.1 Å². The molecule has 0 aliphatic carbocycles. The van der Waals surface area contributed by atoms with Crippen LogP contribution in [0.3, 0.4) is 0 Å². The van der Waals surface area contributed by atoms with Crippen LogP contribution in [-0.4, -0.2) is 31.1 Å². The molecule has 0 fully saturated rings. The van der Waals surface area contributed by atoms with Gasteiger partial charge in [-0.1, -0.05) is 0 Å². The molecule has 1 aromatic heterocycles. The SMILES string of the molecule is CNC(C)c1ccnc(N(C)C)n1. The molecule has 0 aliphatic heterocycles. The fourth-order valence-corrected chi connectivity index (χ4v) is 0.966. The largest absolute Gasteiger partial charge is 0.347 e. The lowest BCUT2D eigenvalue weighted by Gasteiger charge is -2.13. The molecule has 0 radical (unpaired) electrons. The van der Waals surface area contributed by atoms with Crippen molar-refractivity contribution in [3.8, 4) is 0 Å². The summed E-state index contributed by atoms with van der Waals surface area (Å²) in [7, 11) is 5.79. The number of anilines is 1. The van der Waals surface area contributed by atoms with Gasteiger partial charge in [0.05, 0.1) is 5.69 Å². The Balaban J connectivity index is 2.91. The van der Waals surface area contributed by atoms with E-state index in [9.17, 15) is 0 Å². The molecule has 0 bridgehead atoms. The van der Waals surface area contributed by atoms with Gasteiger partial charge in [-0.25, -0.2) is 9.97 Å². The second kappa shape index (κ2) is 4.18. The first kappa shape index (κ1) is 9.92. The Labute approximate surface area is 79.0 Å². The lowest BCUT2D eigenvalue weighted by Crippen LogP contribution is -2.17. The van der Waals surface area contributed by atoms with Gasteiger partial charge in [0.1, 0.15) is 0 Å². The molecule has 1 aromatic rings. The van der Waals surface area contributed by atoms with Crippen molar-refractivity contribution in [1.82, 2.24) is 15.3 Å². The van der Waals surface area contributed by atoms with E-state index in [-0.39, 0.29) is 6.04 Å². The van der Waals surface area contributed by atoms with Crippen molar-refractivity contribution in [3.63, 3.8) is 0 Å². The summed E-state index contributed by atoms with van der Waals surface area (Å²) in [6, 6.07) is 2.19. The van der Waals surface area contributed by atoms with Crippen molar-refractivity contribution < 1.29 is 0 Å². The third kappa shape index (κ3) is 2.39. The first-order valence-corrected chi connectivity index (χ1v) is 4.32. The van der Waals surface area contributed by atoms with E-state index in [4.69, 9.17) is 0 Å². The monoisotopic (exact) mass is 180 g/mol. The van der Waals surface area contributed by atoms with E-state index < -0.39 is 0 Å². The zero-order valence-electron chi connectivity index (χ0n) is 8.57. The summed E-state index contributed by atoms with van der Waals surface area (Å²) in [6.45, 7) is 2.07. The van der Waals surface area contributed by atoms with Crippen LogP contribution in [-0.2, 0) is 0 Å². The van der Waals surface area contributed by atoms with Gasteiger partial charge in [-0.2, -0.15) is 0 Å². The van der Waals surface area contributed by atoms with Gasteiger partial charge >= 0.3 is 0 Å². The molecule has 0 amide bonds. The third-order valence-corrected chi connectivity index (χ3v) is 1.94. The first-order valence-electron chi connectivity index (χ1n) is 4.32. The van der Waals surface area contributed by atoms with Crippen LogP contribution >= 0.6 is 0 Å². The van der Waals surface area contributed by atoms with Crippen molar-refractivity contribution in [2.75, 3.05) is 26.0 Å². The maximum atomic E-state index is 4.40. The highest BCUT2D eigenvalue weighted by Crippen LogP contribution is 2.10. The van der Waals surface area contributed by atoms with Crippen molar-refractivity contribution in [1.29, 1.82) is 0 Å². The summed E-state index contributed by atoms with van der Waals surface area (Å²) in [6.07, 6.45) is 1.78. The van der Waals surface area contributed by atoms with Gasteiger partial charge < -0.3 is 10.2 Å². The summed E-state index contributed by atoms with van der Waals surface area (Å²) in [5.41, 5.74) is 1.02. The Hall–Kier alpha value is -1.16. The van der Waals surface area contributed by atoms with Crippen molar-refractivity contribution in [2.45, 2.75) is 13.0 Å². The maximum Gasteiger partial charge on any atom is 0.225 e. The second-order valence-electron chi connectivity index (χ2n) is 3.19. The molecule has 4 heteroatoms. The molecule has 72 valence electrons. The standard InChI is InChI=1S/C9H16N4/c1-7(10-2)8-5-6-11-9(12-8)13(3)4/h5-7,10H,1-4H3. The molecular formula is C9H16N4. The normalized spacial score (nSPS) is 12.6. The Bertz CT molecular complexity index is 272. The van der Waals surface area contributed by atoms with Gasteiger partial charge in [-0.3, -0.25) is 0 Å². The zero-order valence-corrected chi connectivity index (χ0v) is 8.57. The van der Waals surface area contributed by atoms with E-state index in [1.165, 1.54) is 0 Å². The van der Waals surface area contributed by atoms with Gasteiger partial charge in [0, 0.05) is 26.3 Å². The average Bonchev–Trinajstić information content (AvgIpc) is 2.17. The first-order chi connectivity index (χ1) is 6.15. The number of nitrogens with zero attached hydrogens (tertiary/aromatic N) is 3. The Morgan fingerprint density at radius 3 is 2.69 bits per heavy atom. The summed E-state index contributed by atoms with van der Waals surface area (Å²) in [4.78, 5) is 10.4. The third-order valence-electron chi connectivity index (χ3n) is 1.94. The zero-order chi connectivity index (χ0) is 9.84. The van der Waals surface area contributed by atoms with Crippen molar-refractivity contribution in [3.05, 3.63) is 18.0 Å². The fourth-order valence-electron chi connectivity index (χ4n) is 0.966. The molecule has 1 atom stereocenters. The van der Waals surface area contributed by atoms with E-state index >= 15 is 0 Å². The van der Waals surface area contributed by atoms with Crippen LogP contribution in [0.5, 0.6) is 0 Å². The van der Waals surface area contributed by atoms with Gasteiger partial charge in [0.15, 0.2) is 0 Å². The lowest BCUT2D eigenvalue weighted by molar-refractivity contribution is 0.630. The molecule has 0 aromatic carbocycles. The van der Waals surface area contributed by atoms with Gasteiger partial charge in [-0.15, -0.1) is 0 Å². The maximum absolute atomic E-state index is 4.40. The minimum atomic E-state index is 0.265. The van der Waals surface area contributed by atoms with Crippen LogP contribution in [0.4, 0.5) is 5.95 Å². The highest BCUT2D eigenvalue weighted by molar-refractivity contribution is 5.27. The molecule has 1 heterocycles. The predicted octanol–water partition coefficient (Wildman–Crippen LogP) is 0.823.